The first-order valence-corrected chi connectivity index (χ1v) is 6.64. The van der Waals surface area contributed by atoms with Crippen molar-refractivity contribution in [2.75, 3.05) is 7.11 Å². The van der Waals surface area contributed by atoms with Gasteiger partial charge in [0.1, 0.15) is 18.1 Å². The molecule has 0 fully saturated rings. The summed E-state index contributed by atoms with van der Waals surface area (Å²) in [5, 5.41) is 16.6. The highest BCUT2D eigenvalue weighted by Crippen LogP contribution is 2.26. The van der Waals surface area contributed by atoms with Gasteiger partial charge in [0.15, 0.2) is 0 Å². The molecule has 8 nitrogen and oxygen atoms in total. The van der Waals surface area contributed by atoms with E-state index in [0.717, 1.165) is 6.20 Å². The number of methoxy groups -OCH3 is 1. The molecule has 1 rings (SSSR count). The zero-order valence-corrected chi connectivity index (χ0v) is 12.3. The van der Waals surface area contributed by atoms with E-state index in [9.17, 15) is 9.90 Å². The van der Waals surface area contributed by atoms with Gasteiger partial charge in [-0.1, -0.05) is 12.0 Å². The van der Waals surface area contributed by atoms with Gasteiger partial charge in [0.05, 0.1) is 30.1 Å². The largest absolute Gasteiger partial charge is 0.490 e. The molecule has 116 valence electrons. The summed E-state index contributed by atoms with van der Waals surface area (Å²) in [6.07, 6.45) is 1.21. The fraction of sp³-hybridized carbons (Fsp3) is 0.692. The summed E-state index contributed by atoms with van der Waals surface area (Å²) < 4.78 is 11.1. The average molecular weight is 296 g/mol. The third kappa shape index (κ3) is 4.24. The molecule has 0 radical (unpaired) electrons. The summed E-state index contributed by atoms with van der Waals surface area (Å²) in [5.41, 5.74) is 8.68. The van der Waals surface area contributed by atoms with Crippen LogP contribution in [0.3, 0.4) is 0 Å². The number of aliphatic hydroxyl groups excluding tert-OH is 1. The minimum absolute atomic E-state index is 0.476. The van der Waals surface area contributed by atoms with Gasteiger partial charge in [0, 0.05) is 12.0 Å². The molecule has 5 atom stereocenters. The normalized spacial score (nSPS) is 27.2. The second-order valence-corrected chi connectivity index (χ2v) is 4.69. The van der Waals surface area contributed by atoms with Gasteiger partial charge in [-0.05, 0) is 25.0 Å². The van der Waals surface area contributed by atoms with Gasteiger partial charge in [0.2, 0.25) is 0 Å². The second kappa shape index (κ2) is 8.34. The van der Waals surface area contributed by atoms with Gasteiger partial charge in [-0.15, -0.1) is 0 Å². The molecule has 0 saturated heterocycles. The molecule has 8 heteroatoms. The van der Waals surface area contributed by atoms with Crippen LogP contribution in [-0.2, 0) is 14.3 Å². The van der Waals surface area contributed by atoms with Crippen LogP contribution in [0.2, 0.25) is 0 Å². The number of hydrogen-bond acceptors (Lipinski definition) is 6. The molecule has 0 amide bonds. The summed E-state index contributed by atoms with van der Waals surface area (Å²) in [6.45, 7) is 3.55. The highest BCUT2D eigenvalue weighted by Gasteiger charge is 2.41. The molecule has 0 aromatic heterocycles. The molecular weight excluding hydrogens is 276 g/mol. The lowest BCUT2D eigenvalue weighted by atomic mass is 9.92. The molecule has 0 saturated carbocycles. The zero-order valence-electron chi connectivity index (χ0n) is 12.3. The van der Waals surface area contributed by atoms with Crippen LogP contribution >= 0.6 is 0 Å². The van der Waals surface area contributed by atoms with Crippen molar-refractivity contribution in [3.8, 4) is 0 Å². The number of carbonyl (C=O) groups excluding carboxylic acids is 1. The zero-order chi connectivity index (χ0) is 15.8. The topological polar surface area (TPSA) is 117 Å². The maximum atomic E-state index is 10.4. The average Bonchev–Trinajstić information content (AvgIpc) is 2.47. The fourth-order valence-electron chi connectivity index (χ4n) is 2.37. The number of nitrogens with one attached hydrogen (secondary N) is 1. The van der Waals surface area contributed by atoms with E-state index in [2.05, 4.69) is 15.3 Å². The van der Waals surface area contributed by atoms with Crippen molar-refractivity contribution in [3.05, 3.63) is 28.5 Å². The van der Waals surface area contributed by atoms with E-state index in [1.165, 1.54) is 7.11 Å². The van der Waals surface area contributed by atoms with Crippen molar-refractivity contribution in [3.63, 3.8) is 0 Å². The Labute approximate surface area is 123 Å². The molecule has 4 unspecified atom stereocenters. The van der Waals surface area contributed by atoms with Crippen molar-refractivity contribution in [1.82, 2.24) is 5.32 Å². The van der Waals surface area contributed by atoms with Crippen LogP contribution in [0.15, 0.2) is 23.1 Å². The van der Waals surface area contributed by atoms with Crippen LogP contribution in [0.25, 0.3) is 10.4 Å². The Kier molecular flexibility index (Phi) is 6.78. The third-order valence-electron chi connectivity index (χ3n) is 3.36. The molecule has 1 aliphatic heterocycles. The summed E-state index contributed by atoms with van der Waals surface area (Å²) >= 11 is 0. The summed E-state index contributed by atoms with van der Waals surface area (Å²) in [4.78, 5) is 13.2. The van der Waals surface area contributed by atoms with Crippen molar-refractivity contribution >= 4 is 5.94 Å². The number of allylic oxidation sites excluding steroid dienone is 1. The SMILES string of the molecule is CCC(O)C(OC)[C@@H]1OC(C)=CC(N=[N+]=[N-])C1NC=C=O. The molecule has 0 spiro atoms. The van der Waals surface area contributed by atoms with Gasteiger partial charge < -0.3 is 19.9 Å². The maximum absolute atomic E-state index is 10.4. The quantitative estimate of drug-likeness (QED) is 0.315. The van der Waals surface area contributed by atoms with Gasteiger partial charge in [-0.2, -0.15) is 0 Å². The van der Waals surface area contributed by atoms with Gasteiger partial charge in [-0.3, -0.25) is 0 Å². The number of aliphatic hydroxyl groups is 1. The monoisotopic (exact) mass is 296 g/mol. The van der Waals surface area contributed by atoms with E-state index in [1.807, 2.05) is 6.92 Å². The number of azide groups is 1. The van der Waals surface area contributed by atoms with Crippen LogP contribution in [0, 0.1) is 0 Å². The van der Waals surface area contributed by atoms with Crippen LogP contribution in [0.4, 0.5) is 0 Å². The number of nitrogens with zero attached hydrogens (tertiary/aromatic N) is 3. The first kappa shape index (κ1) is 17.1. The van der Waals surface area contributed by atoms with Crippen molar-refractivity contribution in [1.29, 1.82) is 0 Å². The summed E-state index contributed by atoms with van der Waals surface area (Å²) in [5.74, 6) is 2.17. The van der Waals surface area contributed by atoms with E-state index < -0.39 is 30.4 Å². The predicted octanol–water partition coefficient (Wildman–Crippen LogP) is 1.06. The Morgan fingerprint density at radius 2 is 2.48 bits per heavy atom. The second-order valence-electron chi connectivity index (χ2n) is 4.69. The Morgan fingerprint density at radius 3 is 3.00 bits per heavy atom. The fourth-order valence-corrected chi connectivity index (χ4v) is 2.37. The molecule has 0 aromatic carbocycles. The van der Waals surface area contributed by atoms with E-state index >= 15 is 0 Å². The minimum Gasteiger partial charge on any atom is -0.490 e. The van der Waals surface area contributed by atoms with E-state index in [-0.39, 0.29) is 0 Å². The number of rotatable bonds is 7. The lowest BCUT2D eigenvalue weighted by Gasteiger charge is -2.40. The highest BCUT2D eigenvalue weighted by atomic mass is 16.5. The Balaban J connectivity index is 3.14. The van der Waals surface area contributed by atoms with Crippen molar-refractivity contribution < 1.29 is 19.4 Å². The summed E-state index contributed by atoms with van der Waals surface area (Å²) in [7, 11) is 1.47. The van der Waals surface area contributed by atoms with Crippen LogP contribution in [0.1, 0.15) is 20.3 Å². The third-order valence-corrected chi connectivity index (χ3v) is 3.36. The number of hydrogen-bond donors (Lipinski definition) is 2. The molecule has 2 N–H and O–H groups in total. The van der Waals surface area contributed by atoms with Crippen LogP contribution in [0.5, 0.6) is 0 Å². The first-order chi connectivity index (χ1) is 10.1. The van der Waals surface area contributed by atoms with E-state index in [4.69, 9.17) is 15.0 Å². The Morgan fingerprint density at radius 1 is 1.76 bits per heavy atom. The smallest absolute Gasteiger partial charge is 0.147 e. The van der Waals surface area contributed by atoms with E-state index in [0.29, 0.717) is 12.2 Å². The summed E-state index contributed by atoms with van der Waals surface area (Å²) in [6, 6.07) is -1.11. The van der Waals surface area contributed by atoms with E-state index in [1.54, 1.807) is 18.9 Å². The standard InChI is InChI=1S/C13H20N4O4/c1-4-10(19)12(20-3)13-11(15-5-6-18)9(16-17-14)7-8(2)21-13/h5,7,9-13,15,19H,4H2,1-3H3/t9?,10?,11?,12?,13-/m1/s1. The molecule has 1 heterocycles. The maximum Gasteiger partial charge on any atom is 0.147 e. The van der Waals surface area contributed by atoms with Gasteiger partial charge in [0.25, 0.3) is 0 Å². The lowest BCUT2D eigenvalue weighted by Crippen LogP contribution is -2.56. The molecule has 0 aliphatic carbocycles. The lowest BCUT2D eigenvalue weighted by molar-refractivity contribution is -0.107. The van der Waals surface area contributed by atoms with Crippen LogP contribution in [-0.4, -0.2) is 48.6 Å². The molecule has 0 aromatic rings. The number of ether oxygens (including phenoxy) is 2. The molecule has 0 bridgehead atoms. The Bertz CT molecular complexity index is 469. The van der Waals surface area contributed by atoms with Crippen LogP contribution < -0.4 is 5.32 Å². The Hall–Kier alpha value is -1.98. The van der Waals surface area contributed by atoms with Gasteiger partial charge in [-0.25, -0.2) is 4.79 Å². The van der Waals surface area contributed by atoms with Gasteiger partial charge >= 0.3 is 0 Å². The molecular formula is C13H20N4O4. The molecule has 21 heavy (non-hydrogen) atoms. The predicted molar refractivity (Wildman–Crippen MR) is 75.8 cm³/mol. The van der Waals surface area contributed by atoms with Crippen molar-refractivity contribution in [2.24, 2.45) is 5.11 Å². The highest BCUT2D eigenvalue weighted by molar-refractivity contribution is 5.44. The first-order valence-electron chi connectivity index (χ1n) is 6.64. The molecule has 1 aliphatic rings. The van der Waals surface area contributed by atoms with Crippen molar-refractivity contribution in [2.45, 2.75) is 50.7 Å². The minimum atomic E-state index is -0.748.